The number of benzene rings is 2. The second kappa shape index (κ2) is 7.47. The van der Waals surface area contributed by atoms with Gasteiger partial charge < -0.3 is 5.32 Å². The highest BCUT2D eigenvalue weighted by atomic mass is 32.2. The Morgan fingerprint density at radius 1 is 0.826 bits per heavy atom. The molecular formula is C18H15N3OS. The minimum absolute atomic E-state index is 0.315. The molecule has 0 saturated heterocycles. The Morgan fingerprint density at radius 2 is 1.57 bits per heavy atom. The number of carbonyl (C=O) groups is 1. The summed E-state index contributed by atoms with van der Waals surface area (Å²) in [5.74, 6) is 0.512. The van der Waals surface area contributed by atoms with E-state index >= 15 is 0 Å². The predicted octanol–water partition coefficient (Wildman–Crippen LogP) is 4.88. The summed E-state index contributed by atoms with van der Waals surface area (Å²) < 4.78 is 0. The number of pyridine rings is 1. The maximum absolute atomic E-state index is 12.1. The summed E-state index contributed by atoms with van der Waals surface area (Å²) in [6.07, 6.45) is 1.63. The first-order valence-electron chi connectivity index (χ1n) is 7.12. The standard InChI is InChI=1S/C18H15N3OS/c22-18(21-17-12-6-7-13-19-17)20-15-10-4-5-11-16(15)23-14-8-2-1-3-9-14/h1-13H,(H2,19,20,21,22). The van der Waals surface area contributed by atoms with Crippen LogP contribution in [0.4, 0.5) is 16.3 Å². The largest absolute Gasteiger partial charge is 0.324 e. The highest BCUT2D eigenvalue weighted by molar-refractivity contribution is 7.99. The van der Waals surface area contributed by atoms with Gasteiger partial charge in [0.2, 0.25) is 0 Å². The normalized spacial score (nSPS) is 10.1. The lowest BCUT2D eigenvalue weighted by Crippen LogP contribution is -2.20. The van der Waals surface area contributed by atoms with E-state index in [4.69, 9.17) is 0 Å². The number of carbonyl (C=O) groups excluding carboxylic acids is 1. The summed E-state index contributed by atoms with van der Waals surface area (Å²) in [4.78, 5) is 18.3. The molecule has 0 aliphatic heterocycles. The van der Waals surface area contributed by atoms with Crippen LogP contribution in [-0.2, 0) is 0 Å². The Bertz CT molecular complexity index is 779. The molecule has 1 heterocycles. The van der Waals surface area contributed by atoms with Crippen molar-refractivity contribution in [3.05, 3.63) is 79.0 Å². The first-order valence-corrected chi connectivity index (χ1v) is 7.94. The molecule has 0 atom stereocenters. The molecule has 0 fully saturated rings. The molecule has 4 nitrogen and oxygen atoms in total. The topological polar surface area (TPSA) is 54.0 Å². The molecule has 0 aliphatic carbocycles. The van der Waals surface area contributed by atoms with Crippen LogP contribution in [0.2, 0.25) is 0 Å². The van der Waals surface area contributed by atoms with E-state index in [0.29, 0.717) is 5.82 Å². The fourth-order valence-corrected chi connectivity index (χ4v) is 2.90. The number of hydrogen-bond acceptors (Lipinski definition) is 3. The summed E-state index contributed by atoms with van der Waals surface area (Å²) in [6, 6.07) is 22.8. The number of urea groups is 1. The fraction of sp³-hybridized carbons (Fsp3) is 0. The van der Waals surface area contributed by atoms with Gasteiger partial charge in [-0.25, -0.2) is 9.78 Å². The minimum Gasteiger partial charge on any atom is -0.307 e. The number of hydrogen-bond donors (Lipinski definition) is 2. The van der Waals surface area contributed by atoms with Crippen molar-refractivity contribution in [2.75, 3.05) is 10.6 Å². The van der Waals surface area contributed by atoms with Crippen LogP contribution in [0.15, 0.2) is 88.8 Å². The zero-order valence-corrected chi connectivity index (χ0v) is 13.1. The molecule has 3 aromatic rings. The molecule has 0 spiro atoms. The number of anilines is 2. The average Bonchev–Trinajstić information content (AvgIpc) is 2.58. The van der Waals surface area contributed by atoms with Crippen LogP contribution < -0.4 is 10.6 Å². The van der Waals surface area contributed by atoms with Gasteiger partial charge in [0, 0.05) is 16.0 Å². The smallest absolute Gasteiger partial charge is 0.307 e. The average molecular weight is 321 g/mol. The van der Waals surface area contributed by atoms with E-state index in [0.717, 1.165) is 15.5 Å². The number of nitrogens with one attached hydrogen (secondary N) is 2. The van der Waals surface area contributed by atoms with Crippen LogP contribution >= 0.6 is 11.8 Å². The zero-order valence-electron chi connectivity index (χ0n) is 12.3. The van der Waals surface area contributed by atoms with Gasteiger partial charge in [0.25, 0.3) is 0 Å². The van der Waals surface area contributed by atoms with Gasteiger partial charge in [0.1, 0.15) is 5.82 Å². The van der Waals surface area contributed by atoms with E-state index in [1.807, 2.05) is 60.7 Å². The van der Waals surface area contributed by atoms with Gasteiger partial charge in [-0.3, -0.25) is 5.32 Å². The molecule has 0 unspecified atom stereocenters. The van der Waals surface area contributed by atoms with E-state index < -0.39 is 0 Å². The van der Waals surface area contributed by atoms with Gasteiger partial charge in [-0.2, -0.15) is 0 Å². The quantitative estimate of drug-likeness (QED) is 0.720. The van der Waals surface area contributed by atoms with Crippen molar-refractivity contribution < 1.29 is 4.79 Å². The Hall–Kier alpha value is -2.79. The summed E-state index contributed by atoms with van der Waals surface area (Å²) >= 11 is 1.60. The van der Waals surface area contributed by atoms with Crippen molar-refractivity contribution in [1.82, 2.24) is 4.98 Å². The summed E-state index contributed by atoms with van der Waals surface area (Å²) in [6.45, 7) is 0. The summed E-state index contributed by atoms with van der Waals surface area (Å²) in [7, 11) is 0. The molecule has 3 rings (SSSR count). The van der Waals surface area contributed by atoms with Crippen molar-refractivity contribution in [3.8, 4) is 0 Å². The monoisotopic (exact) mass is 321 g/mol. The number of rotatable bonds is 4. The molecular weight excluding hydrogens is 306 g/mol. The van der Waals surface area contributed by atoms with Gasteiger partial charge in [0.15, 0.2) is 0 Å². The van der Waals surface area contributed by atoms with Crippen LogP contribution in [0.25, 0.3) is 0 Å². The molecule has 23 heavy (non-hydrogen) atoms. The van der Waals surface area contributed by atoms with Crippen LogP contribution in [0, 0.1) is 0 Å². The van der Waals surface area contributed by atoms with Crippen molar-refractivity contribution in [2.24, 2.45) is 0 Å². The Morgan fingerprint density at radius 3 is 2.35 bits per heavy atom. The van der Waals surface area contributed by atoms with Crippen LogP contribution in [-0.4, -0.2) is 11.0 Å². The lowest BCUT2D eigenvalue weighted by atomic mass is 10.3. The Balaban J connectivity index is 1.71. The molecule has 0 aliphatic rings. The molecule has 0 radical (unpaired) electrons. The van der Waals surface area contributed by atoms with Gasteiger partial charge >= 0.3 is 6.03 Å². The number of para-hydroxylation sites is 1. The fourth-order valence-electron chi connectivity index (χ4n) is 1.98. The third-order valence-electron chi connectivity index (χ3n) is 3.01. The second-order valence-electron chi connectivity index (χ2n) is 4.71. The molecule has 2 N–H and O–H groups in total. The van der Waals surface area contributed by atoms with Crippen molar-refractivity contribution in [3.63, 3.8) is 0 Å². The van der Waals surface area contributed by atoms with Crippen LogP contribution in [0.3, 0.4) is 0 Å². The molecule has 5 heteroatoms. The van der Waals surface area contributed by atoms with E-state index in [9.17, 15) is 4.79 Å². The number of aromatic nitrogens is 1. The lowest BCUT2D eigenvalue weighted by Gasteiger charge is -2.11. The van der Waals surface area contributed by atoms with Gasteiger partial charge in [-0.15, -0.1) is 0 Å². The van der Waals surface area contributed by atoms with Crippen molar-refractivity contribution >= 4 is 29.3 Å². The van der Waals surface area contributed by atoms with E-state index in [2.05, 4.69) is 15.6 Å². The molecule has 2 amide bonds. The minimum atomic E-state index is -0.315. The maximum atomic E-state index is 12.1. The van der Waals surface area contributed by atoms with Gasteiger partial charge in [-0.1, -0.05) is 48.2 Å². The third kappa shape index (κ3) is 4.34. The maximum Gasteiger partial charge on any atom is 0.324 e. The third-order valence-corrected chi connectivity index (χ3v) is 4.10. The van der Waals surface area contributed by atoms with Gasteiger partial charge in [0.05, 0.1) is 5.69 Å². The molecule has 2 aromatic carbocycles. The Kier molecular flexibility index (Phi) is 4.91. The number of amides is 2. The van der Waals surface area contributed by atoms with Gasteiger partial charge in [-0.05, 0) is 36.4 Å². The van der Waals surface area contributed by atoms with Crippen LogP contribution in [0.5, 0.6) is 0 Å². The molecule has 114 valence electrons. The first-order chi connectivity index (χ1) is 11.3. The van der Waals surface area contributed by atoms with E-state index in [1.54, 1.807) is 30.1 Å². The predicted molar refractivity (Wildman–Crippen MR) is 93.9 cm³/mol. The van der Waals surface area contributed by atoms with Crippen molar-refractivity contribution in [1.29, 1.82) is 0 Å². The molecule has 1 aromatic heterocycles. The summed E-state index contributed by atoms with van der Waals surface area (Å²) in [5.41, 5.74) is 0.759. The Labute approximate surface area is 139 Å². The first kappa shape index (κ1) is 15.1. The highest BCUT2D eigenvalue weighted by Gasteiger charge is 2.08. The molecule has 0 saturated carbocycles. The van der Waals surface area contributed by atoms with Crippen LogP contribution in [0.1, 0.15) is 0 Å². The lowest BCUT2D eigenvalue weighted by molar-refractivity contribution is 0.262. The second-order valence-corrected chi connectivity index (χ2v) is 5.82. The molecule has 0 bridgehead atoms. The van der Waals surface area contributed by atoms with E-state index in [-0.39, 0.29) is 6.03 Å². The SMILES string of the molecule is O=C(Nc1ccccn1)Nc1ccccc1Sc1ccccc1. The summed E-state index contributed by atoms with van der Waals surface area (Å²) in [5, 5.41) is 5.58. The number of nitrogens with zero attached hydrogens (tertiary/aromatic N) is 1. The highest BCUT2D eigenvalue weighted by Crippen LogP contribution is 2.33. The van der Waals surface area contributed by atoms with Crippen molar-refractivity contribution in [2.45, 2.75) is 9.79 Å². The zero-order chi connectivity index (χ0) is 15.9. The van der Waals surface area contributed by atoms with E-state index in [1.165, 1.54) is 0 Å².